The van der Waals surface area contributed by atoms with E-state index in [4.69, 9.17) is 34.8 Å². The van der Waals surface area contributed by atoms with Crippen molar-refractivity contribution in [1.29, 1.82) is 0 Å². The molecule has 0 unspecified atom stereocenters. The third-order valence-corrected chi connectivity index (χ3v) is 4.68. The van der Waals surface area contributed by atoms with Crippen LogP contribution in [0.25, 0.3) is 0 Å². The highest BCUT2D eigenvalue weighted by molar-refractivity contribution is 6.35. The smallest absolute Gasteiger partial charge is 0.134 e. The summed E-state index contributed by atoms with van der Waals surface area (Å²) < 4.78 is 0. The van der Waals surface area contributed by atoms with Gasteiger partial charge in [0.25, 0.3) is 0 Å². The maximum Gasteiger partial charge on any atom is 0.134 e. The van der Waals surface area contributed by atoms with E-state index in [1.807, 2.05) is 18.2 Å². The van der Waals surface area contributed by atoms with Gasteiger partial charge in [-0.3, -0.25) is 0 Å². The van der Waals surface area contributed by atoms with E-state index in [1.165, 1.54) is 25.7 Å². The Balaban J connectivity index is 1.87. The van der Waals surface area contributed by atoms with Crippen molar-refractivity contribution in [3.8, 4) is 0 Å². The molecule has 3 rings (SSSR count). The van der Waals surface area contributed by atoms with E-state index >= 15 is 0 Å². The van der Waals surface area contributed by atoms with Gasteiger partial charge in [-0.2, -0.15) is 0 Å². The van der Waals surface area contributed by atoms with Crippen molar-refractivity contribution >= 4 is 34.8 Å². The van der Waals surface area contributed by atoms with E-state index in [2.05, 4.69) is 9.97 Å². The van der Waals surface area contributed by atoms with Crippen molar-refractivity contribution in [3.05, 3.63) is 56.5 Å². The standard InChI is InChI=1S/C16H15Cl3N2/c17-12-6-5-11(13(18)8-12)7-16-20-14(9-15(19)21-16)10-3-1-2-4-10/h5-6,8-10H,1-4,7H2. The van der Waals surface area contributed by atoms with Crippen LogP contribution < -0.4 is 0 Å². The molecule has 1 aromatic carbocycles. The van der Waals surface area contributed by atoms with Crippen LogP contribution in [0.5, 0.6) is 0 Å². The van der Waals surface area contributed by atoms with Crippen LogP contribution >= 0.6 is 34.8 Å². The molecule has 0 amide bonds. The number of benzene rings is 1. The highest BCUT2D eigenvalue weighted by atomic mass is 35.5. The first kappa shape index (κ1) is 15.1. The first-order valence-electron chi connectivity index (χ1n) is 7.09. The van der Waals surface area contributed by atoms with Gasteiger partial charge in [0.1, 0.15) is 11.0 Å². The molecule has 0 bridgehead atoms. The SMILES string of the molecule is Clc1ccc(Cc2nc(Cl)cc(C3CCCC3)n2)c(Cl)c1. The molecule has 2 aromatic rings. The molecule has 1 aromatic heterocycles. The summed E-state index contributed by atoms with van der Waals surface area (Å²) in [6, 6.07) is 7.36. The first-order valence-corrected chi connectivity index (χ1v) is 8.22. The van der Waals surface area contributed by atoms with Crippen LogP contribution in [-0.2, 0) is 6.42 Å². The van der Waals surface area contributed by atoms with Gasteiger partial charge in [0.15, 0.2) is 0 Å². The van der Waals surface area contributed by atoms with Crippen LogP contribution in [0, 0.1) is 0 Å². The van der Waals surface area contributed by atoms with Crippen molar-refractivity contribution in [2.24, 2.45) is 0 Å². The van der Waals surface area contributed by atoms with Gasteiger partial charge in [0.2, 0.25) is 0 Å². The van der Waals surface area contributed by atoms with Gasteiger partial charge < -0.3 is 0 Å². The van der Waals surface area contributed by atoms with E-state index in [0.29, 0.717) is 33.4 Å². The highest BCUT2D eigenvalue weighted by Gasteiger charge is 2.20. The molecule has 110 valence electrons. The molecule has 0 atom stereocenters. The molecule has 1 aliphatic rings. The van der Waals surface area contributed by atoms with Crippen LogP contribution in [0.4, 0.5) is 0 Å². The molecule has 0 N–H and O–H groups in total. The minimum absolute atomic E-state index is 0.506. The lowest BCUT2D eigenvalue weighted by Gasteiger charge is -2.11. The first-order chi connectivity index (χ1) is 10.1. The Hall–Kier alpha value is -0.830. The van der Waals surface area contributed by atoms with Crippen molar-refractivity contribution < 1.29 is 0 Å². The third kappa shape index (κ3) is 3.68. The molecule has 5 heteroatoms. The van der Waals surface area contributed by atoms with E-state index in [0.717, 1.165) is 11.3 Å². The number of rotatable bonds is 3. The van der Waals surface area contributed by atoms with Crippen molar-refractivity contribution in [2.75, 3.05) is 0 Å². The van der Waals surface area contributed by atoms with Gasteiger partial charge in [-0.05, 0) is 36.6 Å². The molecular formula is C16H15Cl3N2. The molecule has 1 aliphatic carbocycles. The molecule has 0 spiro atoms. The predicted octanol–water partition coefficient (Wildman–Crippen LogP) is 5.69. The summed E-state index contributed by atoms with van der Waals surface area (Å²) in [6.07, 6.45) is 5.48. The Morgan fingerprint density at radius 1 is 1.00 bits per heavy atom. The van der Waals surface area contributed by atoms with Crippen molar-refractivity contribution in [1.82, 2.24) is 9.97 Å². The number of hydrogen-bond acceptors (Lipinski definition) is 2. The van der Waals surface area contributed by atoms with Crippen LogP contribution in [0.15, 0.2) is 24.3 Å². The third-order valence-electron chi connectivity index (χ3n) is 3.90. The fraction of sp³-hybridized carbons (Fsp3) is 0.375. The molecule has 0 saturated heterocycles. The van der Waals surface area contributed by atoms with Gasteiger partial charge >= 0.3 is 0 Å². The average Bonchev–Trinajstić information content (AvgIpc) is 2.95. The predicted molar refractivity (Wildman–Crippen MR) is 87.5 cm³/mol. The highest BCUT2D eigenvalue weighted by Crippen LogP contribution is 2.34. The molecule has 2 nitrogen and oxygen atoms in total. The topological polar surface area (TPSA) is 25.8 Å². The van der Waals surface area contributed by atoms with Crippen LogP contribution in [0.1, 0.15) is 48.7 Å². The van der Waals surface area contributed by atoms with Crippen molar-refractivity contribution in [2.45, 2.75) is 38.0 Å². The lowest BCUT2D eigenvalue weighted by molar-refractivity contribution is 0.686. The lowest BCUT2D eigenvalue weighted by atomic mass is 10.0. The van der Waals surface area contributed by atoms with Crippen LogP contribution in [0.3, 0.4) is 0 Å². The second-order valence-corrected chi connectivity index (χ2v) is 6.66. The fourth-order valence-electron chi connectivity index (χ4n) is 2.83. The van der Waals surface area contributed by atoms with Crippen LogP contribution in [0.2, 0.25) is 15.2 Å². The average molecular weight is 342 g/mol. The van der Waals surface area contributed by atoms with E-state index in [9.17, 15) is 0 Å². The van der Waals surface area contributed by atoms with Gasteiger partial charge in [0.05, 0.1) is 0 Å². The molecule has 1 fully saturated rings. The molecule has 1 heterocycles. The summed E-state index contributed by atoms with van der Waals surface area (Å²) >= 11 is 18.3. The zero-order chi connectivity index (χ0) is 14.8. The molecule has 0 radical (unpaired) electrons. The largest absolute Gasteiger partial charge is 0.237 e. The van der Waals surface area contributed by atoms with E-state index in [-0.39, 0.29) is 0 Å². The maximum atomic E-state index is 6.21. The zero-order valence-corrected chi connectivity index (χ0v) is 13.7. The summed E-state index contributed by atoms with van der Waals surface area (Å²) in [6.45, 7) is 0. The molecule has 0 aliphatic heterocycles. The number of hydrogen-bond donors (Lipinski definition) is 0. The minimum Gasteiger partial charge on any atom is -0.237 e. The van der Waals surface area contributed by atoms with Gasteiger partial charge in [0, 0.05) is 28.1 Å². The Labute approximate surface area is 139 Å². The maximum absolute atomic E-state index is 6.21. The quantitative estimate of drug-likeness (QED) is 0.671. The van der Waals surface area contributed by atoms with E-state index in [1.54, 1.807) is 6.07 Å². The molecular weight excluding hydrogens is 327 g/mol. The second-order valence-electron chi connectivity index (χ2n) is 5.43. The normalized spacial score (nSPS) is 15.6. The number of halogens is 3. The van der Waals surface area contributed by atoms with Gasteiger partial charge in [-0.1, -0.05) is 53.7 Å². The Morgan fingerprint density at radius 3 is 2.48 bits per heavy atom. The van der Waals surface area contributed by atoms with Crippen LogP contribution in [-0.4, -0.2) is 9.97 Å². The minimum atomic E-state index is 0.506. The van der Waals surface area contributed by atoms with E-state index < -0.39 is 0 Å². The second kappa shape index (κ2) is 6.51. The van der Waals surface area contributed by atoms with Gasteiger partial charge in [-0.15, -0.1) is 0 Å². The Morgan fingerprint density at radius 2 is 1.76 bits per heavy atom. The Kier molecular flexibility index (Phi) is 4.68. The monoisotopic (exact) mass is 340 g/mol. The summed E-state index contributed by atoms with van der Waals surface area (Å²) in [4.78, 5) is 9.01. The van der Waals surface area contributed by atoms with Gasteiger partial charge in [-0.25, -0.2) is 9.97 Å². The number of nitrogens with zero attached hydrogens (tertiary/aromatic N) is 2. The molecule has 1 saturated carbocycles. The molecule has 21 heavy (non-hydrogen) atoms. The fourth-order valence-corrected chi connectivity index (χ4v) is 3.51. The summed E-state index contributed by atoms with van der Waals surface area (Å²) in [7, 11) is 0. The number of aromatic nitrogens is 2. The summed E-state index contributed by atoms with van der Waals surface area (Å²) in [5.74, 6) is 1.23. The zero-order valence-electron chi connectivity index (χ0n) is 11.5. The summed E-state index contributed by atoms with van der Waals surface area (Å²) in [5.41, 5.74) is 2.02. The summed E-state index contributed by atoms with van der Waals surface area (Å²) in [5, 5.41) is 1.77. The lowest BCUT2D eigenvalue weighted by Crippen LogP contribution is -2.04. The Bertz CT molecular complexity index is 652. The van der Waals surface area contributed by atoms with Crippen molar-refractivity contribution in [3.63, 3.8) is 0 Å².